The van der Waals surface area contributed by atoms with E-state index in [-0.39, 0.29) is 29.8 Å². The van der Waals surface area contributed by atoms with Crippen molar-refractivity contribution in [3.8, 4) is 5.75 Å². The molecule has 2 aromatic carbocycles. The van der Waals surface area contributed by atoms with E-state index in [0.29, 0.717) is 23.5 Å². The highest BCUT2D eigenvalue weighted by Crippen LogP contribution is 2.69. The molecule has 4 nitrogen and oxygen atoms in total. The van der Waals surface area contributed by atoms with Gasteiger partial charge in [-0.25, -0.2) is 0 Å². The van der Waals surface area contributed by atoms with Gasteiger partial charge in [-0.1, -0.05) is 43.3 Å². The van der Waals surface area contributed by atoms with E-state index in [1.54, 1.807) is 0 Å². The van der Waals surface area contributed by atoms with E-state index >= 15 is 0 Å². The first-order valence-corrected chi connectivity index (χ1v) is 11.2. The van der Waals surface area contributed by atoms with Gasteiger partial charge in [-0.3, -0.25) is 4.79 Å². The number of phenols is 1. The summed E-state index contributed by atoms with van der Waals surface area (Å²) in [6.07, 6.45) is 3.33. The summed E-state index contributed by atoms with van der Waals surface area (Å²) >= 11 is 0. The first-order chi connectivity index (χ1) is 14.4. The fourth-order valence-corrected chi connectivity index (χ4v) is 7.67. The van der Waals surface area contributed by atoms with E-state index < -0.39 is 5.60 Å². The molecule has 2 aromatic rings. The lowest BCUT2D eigenvalue weighted by atomic mass is 9.49. The lowest BCUT2D eigenvalue weighted by Gasteiger charge is -2.55. The molecule has 3 aliphatic carbocycles. The van der Waals surface area contributed by atoms with Crippen LogP contribution >= 0.6 is 0 Å². The summed E-state index contributed by atoms with van der Waals surface area (Å²) in [7, 11) is 0. The molecule has 1 heterocycles. The average molecular weight is 405 g/mol. The van der Waals surface area contributed by atoms with E-state index in [2.05, 4.69) is 37.3 Å². The molecule has 0 bridgehead atoms. The van der Waals surface area contributed by atoms with Crippen LogP contribution in [0.5, 0.6) is 5.75 Å². The normalized spacial score (nSPS) is 41.4. The van der Waals surface area contributed by atoms with Crippen LogP contribution in [0.25, 0.3) is 0 Å². The molecule has 4 heteroatoms. The minimum Gasteiger partial charge on any atom is -0.508 e. The van der Waals surface area contributed by atoms with Gasteiger partial charge >= 0.3 is 5.97 Å². The number of aryl methyl sites for hydroxylation is 1. The van der Waals surface area contributed by atoms with Crippen molar-refractivity contribution >= 4 is 5.97 Å². The van der Waals surface area contributed by atoms with Gasteiger partial charge in [-0.05, 0) is 78.2 Å². The molecule has 3 fully saturated rings. The molecule has 0 amide bonds. The summed E-state index contributed by atoms with van der Waals surface area (Å²) in [4.78, 5) is 12.1. The molecule has 30 heavy (non-hydrogen) atoms. The molecule has 6 rings (SSSR count). The fourth-order valence-electron chi connectivity index (χ4n) is 7.67. The maximum absolute atomic E-state index is 12.1. The first-order valence-electron chi connectivity index (χ1n) is 11.2. The number of phenolic OH excluding ortho intramolecular Hbond substituents is 1. The molecule has 1 saturated heterocycles. The number of hydrogen-bond acceptors (Lipinski definition) is 4. The van der Waals surface area contributed by atoms with Crippen molar-refractivity contribution in [1.29, 1.82) is 0 Å². The third kappa shape index (κ3) is 2.29. The third-order valence-electron chi connectivity index (χ3n) is 9.01. The number of fused-ring (bicyclic) bond motifs is 7. The summed E-state index contributed by atoms with van der Waals surface area (Å²) in [5.74, 6) is 1.45. The van der Waals surface area contributed by atoms with Crippen LogP contribution < -0.4 is 0 Å². The van der Waals surface area contributed by atoms with Crippen molar-refractivity contribution in [2.24, 2.45) is 17.3 Å². The van der Waals surface area contributed by atoms with Crippen LogP contribution in [-0.4, -0.2) is 27.9 Å². The zero-order valence-corrected chi connectivity index (χ0v) is 17.3. The zero-order valence-electron chi connectivity index (χ0n) is 17.3. The Morgan fingerprint density at radius 2 is 1.93 bits per heavy atom. The van der Waals surface area contributed by atoms with Crippen molar-refractivity contribution in [1.82, 2.24) is 0 Å². The lowest BCUT2D eigenvalue weighted by molar-refractivity contribution is -0.142. The van der Waals surface area contributed by atoms with Crippen LogP contribution in [0.4, 0.5) is 0 Å². The molecule has 0 aromatic heterocycles. The molecular formula is C26H28O4. The summed E-state index contributed by atoms with van der Waals surface area (Å²) in [5.41, 5.74) is 2.48. The Labute approximate surface area is 176 Å². The molecule has 0 spiro atoms. The zero-order chi connectivity index (χ0) is 20.7. The molecule has 1 aliphatic heterocycles. The predicted molar refractivity (Wildman–Crippen MR) is 112 cm³/mol. The highest BCUT2D eigenvalue weighted by Gasteiger charge is 2.71. The van der Waals surface area contributed by atoms with E-state index in [4.69, 9.17) is 4.74 Å². The number of aliphatic hydroxyl groups is 1. The van der Waals surface area contributed by atoms with Crippen LogP contribution in [0.3, 0.4) is 0 Å². The molecule has 0 radical (unpaired) electrons. The number of aromatic hydroxyl groups is 1. The van der Waals surface area contributed by atoms with Gasteiger partial charge < -0.3 is 14.9 Å². The summed E-state index contributed by atoms with van der Waals surface area (Å²) in [6, 6.07) is 16.5. The van der Waals surface area contributed by atoms with E-state index in [1.165, 1.54) is 16.7 Å². The van der Waals surface area contributed by atoms with Gasteiger partial charge in [0.25, 0.3) is 0 Å². The molecule has 2 saturated carbocycles. The fraction of sp³-hybridized carbons (Fsp3) is 0.500. The molecule has 7 atom stereocenters. The van der Waals surface area contributed by atoms with Gasteiger partial charge in [0.05, 0.1) is 6.42 Å². The van der Waals surface area contributed by atoms with Crippen LogP contribution in [0.1, 0.15) is 61.1 Å². The maximum atomic E-state index is 12.1. The van der Waals surface area contributed by atoms with Gasteiger partial charge in [-0.2, -0.15) is 0 Å². The van der Waals surface area contributed by atoms with E-state index in [9.17, 15) is 15.0 Å². The number of carbonyl (C=O) groups excluding carboxylic acids is 1. The monoisotopic (exact) mass is 404 g/mol. The van der Waals surface area contributed by atoms with Gasteiger partial charge in [-0.15, -0.1) is 0 Å². The summed E-state index contributed by atoms with van der Waals surface area (Å²) < 4.78 is 5.63. The highest BCUT2D eigenvalue weighted by atomic mass is 16.6. The van der Waals surface area contributed by atoms with E-state index in [0.717, 1.165) is 25.7 Å². The summed E-state index contributed by atoms with van der Waals surface area (Å²) in [6.45, 7) is 2.21. The minimum atomic E-state index is -1.07. The number of rotatable bonds is 1. The second-order valence-electron chi connectivity index (χ2n) is 10.2. The number of benzene rings is 2. The highest BCUT2D eigenvalue weighted by molar-refractivity contribution is 5.74. The Bertz CT molecular complexity index is 1020. The van der Waals surface area contributed by atoms with Gasteiger partial charge in [0.2, 0.25) is 0 Å². The Balaban J connectivity index is 1.51. The van der Waals surface area contributed by atoms with Crippen LogP contribution in [-0.2, 0) is 16.0 Å². The molecule has 1 unspecified atom stereocenters. The SMILES string of the molecule is C[C@]12C[C@H](c3ccccc3)[C@@H]3c4ccc(O)cc4CC[C@H]3[C@@H]1CC1OC(=O)C[C@@]12O. The third-order valence-corrected chi connectivity index (χ3v) is 9.01. The predicted octanol–water partition coefficient (Wildman–Crippen LogP) is 4.30. The van der Waals surface area contributed by atoms with Gasteiger partial charge in [0.1, 0.15) is 17.5 Å². The van der Waals surface area contributed by atoms with Crippen LogP contribution in [0, 0.1) is 17.3 Å². The number of hydrogen-bond donors (Lipinski definition) is 2. The lowest BCUT2D eigenvalue weighted by Crippen LogP contribution is -2.54. The number of ether oxygens (including phenoxy) is 1. The summed E-state index contributed by atoms with van der Waals surface area (Å²) in [5, 5.41) is 21.8. The van der Waals surface area contributed by atoms with E-state index in [1.807, 2.05) is 18.2 Å². The second kappa shape index (κ2) is 6.10. The van der Waals surface area contributed by atoms with Crippen molar-refractivity contribution in [3.05, 3.63) is 65.2 Å². The molecular weight excluding hydrogens is 376 g/mol. The average Bonchev–Trinajstić information content (AvgIpc) is 3.14. The number of esters is 1. The Kier molecular flexibility index (Phi) is 3.75. The molecule has 4 aliphatic rings. The topological polar surface area (TPSA) is 66.8 Å². The van der Waals surface area contributed by atoms with Crippen molar-refractivity contribution in [2.75, 3.05) is 0 Å². The standard InChI is InChI=1S/C26H28O4/c1-25-13-20(15-5-3-2-4-6-15)24-18-10-8-17(27)11-16(18)7-9-19(24)21(25)12-22-26(25,29)14-23(28)30-22/h2-6,8,10-11,19-22,24,27,29H,7,9,12-14H2,1H3/t19-,20+,21-,22?,24+,25-,26+/m0/s1. The quantitative estimate of drug-likeness (QED) is 0.696. The molecule has 2 N–H and O–H groups in total. The second-order valence-corrected chi connectivity index (χ2v) is 10.2. The number of carbonyl (C=O) groups is 1. The van der Waals surface area contributed by atoms with Crippen LogP contribution in [0.2, 0.25) is 0 Å². The Morgan fingerprint density at radius 3 is 2.73 bits per heavy atom. The smallest absolute Gasteiger partial charge is 0.309 e. The minimum absolute atomic E-state index is 0.119. The van der Waals surface area contributed by atoms with Crippen LogP contribution in [0.15, 0.2) is 48.5 Å². The maximum Gasteiger partial charge on any atom is 0.309 e. The van der Waals surface area contributed by atoms with Gasteiger partial charge in [0, 0.05) is 5.41 Å². The van der Waals surface area contributed by atoms with Gasteiger partial charge in [0.15, 0.2) is 0 Å². The molecule has 156 valence electrons. The Hall–Kier alpha value is -2.33. The van der Waals surface area contributed by atoms with Crippen molar-refractivity contribution < 1.29 is 19.7 Å². The first kappa shape index (κ1) is 18.4. The van der Waals surface area contributed by atoms with Crippen molar-refractivity contribution in [3.63, 3.8) is 0 Å². The largest absolute Gasteiger partial charge is 0.508 e. The Morgan fingerprint density at radius 1 is 1.13 bits per heavy atom. The van der Waals surface area contributed by atoms with Crippen molar-refractivity contribution in [2.45, 2.75) is 62.6 Å².